The van der Waals surface area contributed by atoms with Crippen molar-refractivity contribution in [2.24, 2.45) is 0 Å². The smallest absolute Gasteiger partial charge is 0.142 e. The Hall–Kier alpha value is -0.640. The van der Waals surface area contributed by atoms with Crippen molar-refractivity contribution in [2.75, 3.05) is 6.61 Å². The summed E-state index contributed by atoms with van der Waals surface area (Å²) in [4.78, 5) is 0. The summed E-state index contributed by atoms with van der Waals surface area (Å²) < 4.78 is 13.1. The lowest BCUT2D eigenvalue weighted by Crippen LogP contribution is -2.31. The number of aliphatic hydroxyl groups is 1. The Morgan fingerprint density at radius 3 is 2.80 bits per heavy atom. The predicted octanol–water partition coefficient (Wildman–Crippen LogP) is 2.34. The van der Waals surface area contributed by atoms with Gasteiger partial charge in [0.2, 0.25) is 0 Å². The highest BCUT2D eigenvalue weighted by molar-refractivity contribution is 6.30. The van der Waals surface area contributed by atoms with E-state index in [1.807, 2.05) is 6.92 Å². The summed E-state index contributed by atoms with van der Waals surface area (Å²) >= 11 is 5.56. The first kappa shape index (κ1) is 12.4. The fourth-order valence-corrected chi connectivity index (χ4v) is 1.37. The highest BCUT2D eigenvalue weighted by atomic mass is 35.5. The molecule has 1 aromatic rings. The molecule has 15 heavy (non-hydrogen) atoms. The van der Waals surface area contributed by atoms with Crippen LogP contribution in [0.15, 0.2) is 18.2 Å². The molecule has 0 bridgehead atoms. The van der Waals surface area contributed by atoms with Crippen LogP contribution >= 0.6 is 11.6 Å². The number of halogens is 2. The Morgan fingerprint density at radius 2 is 2.27 bits per heavy atom. The Balaban J connectivity index is 2.54. The molecular weight excluding hydrogens is 217 g/mol. The van der Waals surface area contributed by atoms with Crippen LogP contribution in [0.25, 0.3) is 0 Å². The molecule has 0 aliphatic heterocycles. The number of rotatable bonds is 5. The standard InChI is InChI=1S/C11H15ClFNO/c1-2-9(7-15)14-6-8-3-4-10(12)11(13)5-8/h3-5,9,14-15H,2,6-7H2,1H3/t9-/m1/s1. The van der Waals surface area contributed by atoms with Gasteiger partial charge in [-0.05, 0) is 24.1 Å². The van der Waals surface area contributed by atoms with E-state index in [1.54, 1.807) is 6.07 Å². The lowest BCUT2D eigenvalue weighted by atomic mass is 10.2. The summed E-state index contributed by atoms with van der Waals surface area (Å²) in [5.74, 6) is -0.409. The molecule has 1 aromatic carbocycles. The fraction of sp³-hybridized carbons (Fsp3) is 0.455. The number of hydrogen-bond donors (Lipinski definition) is 2. The van der Waals surface area contributed by atoms with Gasteiger partial charge in [-0.3, -0.25) is 0 Å². The summed E-state index contributed by atoms with van der Waals surface area (Å²) in [5, 5.41) is 12.2. The van der Waals surface area contributed by atoms with Crippen LogP contribution in [0.1, 0.15) is 18.9 Å². The van der Waals surface area contributed by atoms with Gasteiger partial charge in [0.15, 0.2) is 0 Å². The summed E-state index contributed by atoms with van der Waals surface area (Å²) in [6.07, 6.45) is 0.840. The molecular formula is C11H15ClFNO. The van der Waals surface area contributed by atoms with Crippen molar-refractivity contribution in [2.45, 2.75) is 25.9 Å². The highest BCUT2D eigenvalue weighted by Gasteiger charge is 2.05. The molecule has 1 rings (SSSR count). The third kappa shape index (κ3) is 3.78. The summed E-state index contributed by atoms with van der Waals surface area (Å²) in [7, 11) is 0. The first-order valence-electron chi connectivity index (χ1n) is 4.95. The maximum Gasteiger partial charge on any atom is 0.142 e. The van der Waals surface area contributed by atoms with Gasteiger partial charge in [-0.2, -0.15) is 0 Å². The molecule has 0 unspecified atom stereocenters. The van der Waals surface area contributed by atoms with E-state index in [0.29, 0.717) is 6.54 Å². The summed E-state index contributed by atoms with van der Waals surface area (Å²) in [6.45, 7) is 2.61. The van der Waals surface area contributed by atoms with Gasteiger partial charge in [0, 0.05) is 12.6 Å². The maximum atomic E-state index is 13.1. The van der Waals surface area contributed by atoms with Crippen molar-refractivity contribution in [1.82, 2.24) is 5.32 Å². The second-order valence-electron chi connectivity index (χ2n) is 3.42. The van der Waals surface area contributed by atoms with Crippen molar-refractivity contribution in [1.29, 1.82) is 0 Å². The van der Waals surface area contributed by atoms with Crippen LogP contribution in [0.5, 0.6) is 0 Å². The third-order valence-electron chi connectivity index (χ3n) is 2.29. The molecule has 0 aromatic heterocycles. The van der Waals surface area contributed by atoms with Gasteiger partial charge in [-0.25, -0.2) is 4.39 Å². The van der Waals surface area contributed by atoms with Crippen molar-refractivity contribution < 1.29 is 9.50 Å². The van der Waals surface area contributed by atoms with Gasteiger partial charge < -0.3 is 10.4 Å². The van der Waals surface area contributed by atoms with E-state index in [9.17, 15) is 4.39 Å². The lowest BCUT2D eigenvalue weighted by molar-refractivity contribution is 0.238. The molecule has 0 spiro atoms. The van der Waals surface area contributed by atoms with Gasteiger partial charge >= 0.3 is 0 Å². The van der Waals surface area contributed by atoms with Crippen molar-refractivity contribution in [3.63, 3.8) is 0 Å². The van der Waals surface area contributed by atoms with Gasteiger partial charge in [0.1, 0.15) is 5.82 Å². The molecule has 0 aliphatic rings. The zero-order valence-electron chi connectivity index (χ0n) is 8.63. The van der Waals surface area contributed by atoms with Crippen molar-refractivity contribution in [3.8, 4) is 0 Å². The maximum absolute atomic E-state index is 13.1. The van der Waals surface area contributed by atoms with Crippen LogP contribution in [0.4, 0.5) is 4.39 Å². The van der Waals surface area contributed by atoms with E-state index >= 15 is 0 Å². The zero-order chi connectivity index (χ0) is 11.3. The van der Waals surface area contributed by atoms with Crippen LogP contribution in [0.2, 0.25) is 5.02 Å². The molecule has 0 fully saturated rings. The number of nitrogens with one attached hydrogen (secondary N) is 1. The molecule has 0 aliphatic carbocycles. The summed E-state index contributed by atoms with van der Waals surface area (Å²) in [5.41, 5.74) is 0.823. The monoisotopic (exact) mass is 231 g/mol. The Bertz CT molecular complexity index is 315. The van der Waals surface area contributed by atoms with E-state index in [2.05, 4.69) is 5.32 Å². The molecule has 0 saturated carbocycles. The molecule has 2 nitrogen and oxygen atoms in total. The normalized spacial score (nSPS) is 12.8. The number of aliphatic hydroxyl groups excluding tert-OH is 1. The van der Waals surface area contributed by atoms with Crippen LogP contribution in [0.3, 0.4) is 0 Å². The Kier molecular flexibility index (Phi) is 5.02. The van der Waals surface area contributed by atoms with Crippen LogP contribution in [-0.4, -0.2) is 17.8 Å². The average molecular weight is 232 g/mol. The van der Waals surface area contributed by atoms with Gasteiger partial charge in [-0.15, -0.1) is 0 Å². The highest BCUT2D eigenvalue weighted by Crippen LogP contribution is 2.15. The minimum atomic E-state index is -0.409. The minimum Gasteiger partial charge on any atom is -0.395 e. The first-order valence-corrected chi connectivity index (χ1v) is 5.33. The van der Waals surface area contributed by atoms with Crippen LogP contribution in [0, 0.1) is 5.82 Å². The third-order valence-corrected chi connectivity index (χ3v) is 2.60. The molecule has 84 valence electrons. The lowest BCUT2D eigenvalue weighted by Gasteiger charge is -2.13. The molecule has 4 heteroatoms. The van der Waals surface area contributed by atoms with Crippen molar-refractivity contribution >= 4 is 11.6 Å². The first-order chi connectivity index (χ1) is 7.17. The molecule has 1 atom stereocenters. The minimum absolute atomic E-state index is 0.0590. The SMILES string of the molecule is CC[C@H](CO)NCc1ccc(Cl)c(F)c1. The van der Waals surface area contributed by atoms with Gasteiger partial charge in [0.05, 0.1) is 11.6 Å². The molecule has 0 heterocycles. The van der Waals surface area contributed by atoms with Crippen molar-refractivity contribution in [3.05, 3.63) is 34.6 Å². The Labute approximate surface area is 94.1 Å². The fourth-order valence-electron chi connectivity index (χ4n) is 1.25. The largest absolute Gasteiger partial charge is 0.395 e. The summed E-state index contributed by atoms with van der Waals surface area (Å²) in [6, 6.07) is 4.76. The number of hydrogen-bond acceptors (Lipinski definition) is 2. The van der Waals surface area contributed by atoms with Gasteiger partial charge in [-0.1, -0.05) is 24.6 Å². The second kappa shape index (κ2) is 6.05. The van der Waals surface area contributed by atoms with Gasteiger partial charge in [0.25, 0.3) is 0 Å². The van der Waals surface area contributed by atoms with E-state index in [1.165, 1.54) is 12.1 Å². The van der Waals surface area contributed by atoms with E-state index < -0.39 is 5.82 Å². The molecule has 2 N–H and O–H groups in total. The van der Waals surface area contributed by atoms with E-state index in [4.69, 9.17) is 16.7 Å². The topological polar surface area (TPSA) is 32.3 Å². The zero-order valence-corrected chi connectivity index (χ0v) is 9.39. The van der Waals surface area contributed by atoms with Crippen LogP contribution < -0.4 is 5.32 Å². The van der Waals surface area contributed by atoms with Crippen LogP contribution in [-0.2, 0) is 6.54 Å². The van der Waals surface area contributed by atoms with E-state index in [-0.39, 0.29) is 17.7 Å². The number of benzene rings is 1. The Morgan fingerprint density at radius 1 is 1.53 bits per heavy atom. The predicted molar refractivity (Wildman–Crippen MR) is 59.4 cm³/mol. The second-order valence-corrected chi connectivity index (χ2v) is 3.82. The molecule has 0 amide bonds. The molecule has 0 radical (unpaired) electrons. The van der Waals surface area contributed by atoms with E-state index in [0.717, 1.165) is 12.0 Å². The quantitative estimate of drug-likeness (QED) is 0.815. The average Bonchev–Trinajstić information content (AvgIpc) is 2.24. The molecule has 0 saturated heterocycles.